The lowest BCUT2D eigenvalue weighted by Gasteiger charge is -2.17. The third-order valence-corrected chi connectivity index (χ3v) is 5.10. The van der Waals surface area contributed by atoms with Crippen molar-refractivity contribution in [3.05, 3.63) is 15.5 Å². The maximum absolute atomic E-state index is 12.2. The van der Waals surface area contributed by atoms with E-state index >= 15 is 0 Å². The molecule has 0 radical (unpaired) electrons. The van der Waals surface area contributed by atoms with Crippen LogP contribution >= 0.6 is 22.6 Å². The van der Waals surface area contributed by atoms with E-state index in [1.807, 2.05) is 0 Å². The van der Waals surface area contributed by atoms with Crippen molar-refractivity contribution in [3.8, 4) is 0 Å². The summed E-state index contributed by atoms with van der Waals surface area (Å²) >= 11 is 2.26. The summed E-state index contributed by atoms with van der Waals surface area (Å²) in [6, 6.07) is 2.85. The number of aromatic nitrogens is 2. The van der Waals surface area contributed by atoms with Gasteiger partial charge in [-0.2, -0.15) is 5.10 Å². The Bertz CT molecular complexity index is 477. The predicted octanol–water partition coefficient (Wildman–Crippen LogP) is 3.42. The molecule has 2 fully saturated rings. The van der Waals surface area contributed by atoms with E-state index in [-0.39, 0.29) is 12.6 Å². The van der Waals surface area contributed by atoms with Gasteiger partial charge in [0.25, 0.3) is 6.43 Å². The van der Waals surface area contributed by atoms with Crippen molar-refractivity contribution >= 4 is 22.6 Å². The number of nitrogens with one attached hydrogen (secondary N) is 1. The molecule has 112 valence electrons. The highest BCUT2D eigenvalue weighted by molar-refractivity contribution is 14.1. The lowest BCUT2D eigenvalue weighted by molar-refractivity contribution is 0.140. The van der Waals surface area contributed by atoms with Gasteiger partial charge >= 0.3 is 0 Å². The van der Waals surface area contributed by atoms with E-state index in [1.54, 1.807) is 0 Å². The lowest BCUT2D eigenvalue weighted by Crippen LogP contribution is -2.32. The molecule has 6 heteroatoms. The maximum Gasteiger partial charge on any atom is 0.250 e. The zero-order valence-corrected chi connectivity index (χ0v) is 13.8. The Morgan fingerprint density at radius 2 is 2.05 bits per heavy atom. The Hall–Kier alpha value is -0.240. The number of rotatable bonds is 5. The molecular formula is C14H20F2IN3. The number of nitrogens with zero attached hydrogens (tertiary/aromatic N) is 2. The first-order chi connectivity index (χ1) is 9.47. The molecule has 4 atom stereocenters. The summed E-state index contributed by atoms with van der Waals surface area (Å²) in [5, 5.41) is 7.55. The summed E-state index contributed by atoms with van der Waals surface area (Å²) in [7, 11) is 0. The zero-order valence-electron chi connectivity index (χ0n) is 11.7. The molecule has 0 bridgehead atoms. The van der Waals surface area contributed by atoms with E-state index in [0.717, 1.165) is 16.5 Å². The number of halogens is 3. The van der Waals surface area contributed by atoms with Crippen LogP contribution in [0.5, 0.6) is 0 Å². The van der Waals surface area contributed by atoms with E-state index in [0.29, 0.717) is 23.8 Å². The Morgan fingerprint density at radius 3 is 2.60 bits per heavy atom. The number of hydrogen-bond donors (Lipinski definition) is 1. The van der Waals surface area contributed by atoms with Crippen molar-refractivity contribution in [2.24, 2.45) is 11.8 Å². The molecule has 3 rings (SSSR count). The van der Waals surface area contributed by atoms with Gasteiger partial charge in [0, 0.05) is 23.7 Å². The summed E-state index contributed by atoms with van der Waals surface area (Å²) in [4.78, 5) is 0. The van der Waals surface area contributed by atoms with Gasteiger partial charge in [0.15, 0.2) is 0 Å². The predicted molar refractivity (Wildman–Crippen MR) is 82.1 cm³/mol. The molecule has 0 aliphatic heterocycles. The average Bonchev–Trinajstić information content (AvgIpc) is 2.76. The molecule has 1 heterocycles. The van der Waals surface area contributed by atoms with Crippen LogP contribution in [-0.4, -0.2) is 28.8 Å². The second-order valence-electron chi connectivity index (χ2n) is 6.25. The van der Waals surface area contributed by atoms with E-state index in [1.165, 1.54) is 5.69 Å². The van der Waals surface area contributed by atoms with E-state index in [2.05, 4.69) is 57.6 Å². The minimum absolute atomic E-state index is 0.170. The quantitative estimate of drug-likeness (QED) is 0.775. The first-order valence-electron chi connectivity index (χ1n) is 7.24. The first kappa shape index (κ1) is 14.7. The second kappa shape index (κ2) is 5.51. The lowest BCUT2D eigenvalue weighted by atomic mass is 10.0. The molecule has 20 heavy (non-hydrogen) atoms. The van der Waals surface area contributed by atoms with Gasteiger partial charge in [-0.25, -0.2) is 8.78 Å². The molecule has 1 unspecified atom stereocenters. The highest BCUT2D eigenvalue weighted by Crippen LogP contribution is 2.63. The molecule has 0 aromatic carbocycles. The highest BCUT2D eigenvalue weighted by atomic mass is 127. The smallest absolute Gasteiger partial charge is 0.250 e. The number of hydrogen-bond acceptors (Lipinski definition) is 2. The van der Waals surface area contributed by atoms with Gasteiger partial charge < -0.3 is 5.32 Å². The van der Waals surface area contributed by atoms with Gasteiger partial charge in [-0.1, -0.05) is 0 Å². The van der Waals surface area contributed by atoms with Crippen molar-refractivity contribution in [1.29, 1.82) is 0 Å². The van der Waals surface area contributed by atoms with Gasteiger partial charge in [-0.05, 0) is 67.2 Å². The molecular weight excluding hydrogens is 375 g/mol. The summed E-state index contributed by atoms with van der Waals surface area (Å²) in [5.74, 6) is 1.92. The highest BCUT2D eigenvalue weighted by Gasteiger charge is 2.57. The normalized spacial score (nSPS) is 32.1. The number of fused-ring (bicyclic) bond motifs is 1. The largest absolute Gasteiger partial charge is 0.309 e. The molecule has 0 amide bonds. The van der Waals surface area contributed by atoms with Crippen molar-refractivity contribution < 1.29 is 8.78 Å². The number of alkyl halides is 2. The van der Waals surface area contributed by atoms with Crippen LogP contribution in [0.25, 0.3) is 0 Å². The van der Waals surface area contributed by atoms with Crippen LogP contribution in [0.1, 0.15) is 44.3 Å². The Kier molecular flexibility index (Phi) is 4.05. The molecule has 0 saturated heterocycles. The maximum atomic E-state index is 12.2. The fraction of sp³-hybridized carbons (Fsp3) is 0.786. The molecule has 2 saturated carbocycles. The van der Waals surface area contributed by atoms with Gasteiger partial charge in [-0.3, -0.25) is 4.68 Å². The van der Waals surface area contributed by atoms with E-state index in [9.17, 15) is 8.78 Å². The molecule has 1 aromatic rings. The first-order valence-corrected chi connectivity index (χ1v) is 8.31. The zero-order chi connectivity index (χ0) is 14.4. The minimum atomic E-state index is -2.24. The van der Waals surface area contributed by atoms with Gasteiger partial charge in [0.05, 0.1) is 6.54 Å². The van der Waals surface area contributed by atoms with Crippen LogP contribution < -0.4 is 5.32 Å². The Labute approximate surface area is 131 Å². The average molecular weight is 395 g/mol. The summed E-state index contributed by atoms with van der Waals surface area (Å²) in [5.41, 5.74) is 1.34. The topological polar surface area (TPSA) is 29.9 Å². The van der Waals surface area contributed by atoms with Gasteiger partial charge in [-0.15, -0.1) is 0 Å². The molecule has 2 aliphatic carbocycles. The summed E-state index contributed by atoms with van der Waals surface area (Å²) in [6.45, 7) is 4.13. The van der Waals surface area contributed by atoms with Crippen LogP contribution in [0.3, 0.4) is 0 Å². The minimum Gasteiger partial charge on any atom is -0.309 e. The van der Waals surface area contributed by atoms with Crippen LogP contribution in [0.2, 0.25) is 0 Å². The van der Waals surface area contributed by atoms with E-state index < -0.39 is 6.43 Å². The molecule has 3 nitrogen and oxygen atoms in total. The molecule has 0 spiro atoms. The Balaban J connectivity index is 1.62. The van der Waals surface area contributed by atoms with Crippen molar-refractivity contribution in [2.75, 3.05) is 6.54 Å². The van der Waals surface area contributed by atoms with Crippen molar-refractivity contribution in [1.82, 2.24) is 15.1 Å². The van der Waals surface area contributed by atoms with Crippen LogP contribution in [0.4, 0.5) is 8.78 Å². The standard InChI is InChI=1S/C14H20F2IN3/c1-7(2)20-11(5-13(17)19-20)14-9-3-8(4-10(9)14)18-6-12(15)16/h5,7-10,12,14,18H,3-4,6H2,1-2H3/t8?,9-,10+,14-. The summed E-state index contributed by atoms with van der Waals surface area (Å²) < 4.78 is 27.6. The van der Waals surface area contributed by atoms with E-state index in [4.69, 9.17) is 0 Å². The molecule has 2 aliphatic rings. The van der Waals surface area contributed by atoms with Crippen LogP contribution in [0.15, 0.2) is 6.07 Å². The third-order valence-electron chi connectivity index (χ3n) is 4.57. The Morgan fingerprint density at radius 1 is 1.40 bits per heavy atom. The van der Waals surface area contributed by atoms with Crippen LogP contribution in [-0.2, 0) is 0 Å². The SMILES string of the molecule is CC(C)n1nc(I)cc1[C@@H]1[C@@H]2CC(NCC(F)F)C[C@@H]21. The monoisotopic (exact) mass is 395 g/mol. The third kappa shape index (κ3) is 2.73. The van der Waals surface area contributed by atoms with Crippen molar-refractivity contribution in [3.63, 3.8) is 0 Å². The molecule has 1 N–H and O–H groups in total. The molecule has 1 aromatic heterocycles. The van der Waals surface area contributed by atoms with Gasteiger partial charge in [0.2, 0.25) is 0 Å². The summed E-state index contributed by atoms with van der Waals surface area (Å²) in [6.07, 6.45) is -0.184. The second-order valence-corrected chi connectivity index (χ2v) is 7.36. The van der Waals surface area contributed by atoms with Gasteiger partial charge in [0.1, 0.15) is 3.70 Å². The fourth-order valence-corrected chi connectivity index (χ4v) is 4.29. The van der Waals surface area contributed by atoms with Crippen LogP contribution in [0, 0.1) is 15.5 Å². The van der Waals surface area contributed by atoms with Crippen molar-refractivity contribution in [2.45, 2.75) is 51.1 Å². The fourth-order valence-electron chi connectivity index (χ4n) is 3.74.